The van der Waals surface area contributed by atoms with Crippen molar-refractivity contribution in [1.82, 2.24) is 2.78 Å². The van der Waals surface area contributed by atoms with Gasteiger partial charge in [0.2, 0.25) is 0 Å². The van der Waals surface area contributed by atoms with E-state index in [0.717, 1.165) is 0 Å². The standard InChI is InChI=1S/C8H5I2N/c9-7-2-1-6-3-4-11(10)8(6)5-7/h1-5H. The Kier molecular flexibility index (Phi) is 2.09. The molecule has 0 saturated heterocycles. The molecule has 0 aliphatic carbocycles. The summed E-state index contributed by atoms with van der Waals surface area (Å²) in [6.45, 7) is 0. The largest absolute Gasteiger partial charge is 0.290 e. The number of aromatic nitrogens is 1. The molecule has 2 rings (SSSR count). The molecular formula is C8H5I2N. The zero-order valence-corrected chi connectivity index (χ0v) is 9.90. The topological polar surface area (TPSA) is 4.93 Å². The van der Waals surface area contributed by atoms with E-state index in [4.69, 9.17) is 0 Å². The van der Waals surface area contributed by atoms with Crippen LogP contribution in [-0.2, 0) is 0 Å². The van der Waals surface area contributed by atoms with Gasteiger partial charge >= 0.3 is 0 Å². The first-order valence-electron chi connectivity index (χ1n) is 3.20. The highest BCUT2D eigenvalue weighted by molar-refractivity contribution is 14.1. The van der Waals surface area contributed by atoms with Gasteiger partial charge < -0.3 is 0 Å². The fourth-order valence-corrected chi connectivity index (χ4v) is 2.12. The molecule has 1 nitrogen and oxygen atoms in total. The number of rotatable bonds is 0. The Morgan fingerprint density at radius 2 is 2.00 bits per heavy atom. The maximum Gasteiger partial charge on any atom is 0.0640 e. The Morgan fingerprint density at radius 3 is 2.82 bits per heavy atom. The van der Waals surface area contributed by atoms with Crippen LogP contribution in [0.2, 0.25) is 0 Å². The van der Waals surface area contributed by atoms with E-state index in [1.165, 1.54) is 14.5 Å². The first-order chi connectivity index (χ1) is 5.27. The maximum absolute atomic E-state index is 2.33. The minimum atomic E-state index is 1.28. The van der Waals surface area contributed by atoms with Crippen molar-refractivity contribution < 1.29 is 0 Å². The van der Waals surface area contributed by atoms with Crippen LogP contribution >= 0.6 is 45.5 Å². The maximum atomic E-state index is 2.33. The summed E-state index contributed by atoms with van der Waals surface area (Å²) in [4.78, 5) is 0. The molecule has 0 N–H and O–H groups in total. The van der Waals surface area contributed by atoms with Crippen LogP contribution in [0.25, 0.3) is 10.9 Å². The van der Waals surface area contributed by atoms with E-state index in [0.29, 0.717) is 0 Å². The zero-order valence-electron chi connectivity index (χ0n) is 5.59. The second-order valence-corrected chi connectivity index (χ2v) is 4.62. The van der Waals surface area contributed by atoms with E-state index in [9.17, 15) is 0 Å². The predicted octanol–water partition coefficient (Wildman–Crippen LogP) is 3.44. The summed E-state index contributed by atoms with van der Waals surface area (Å²) in [5.74, 6) is 0. The SMILES string of the molecule is Ic1ccc2ccn(I)c2c1. The van der Waals surface area contributed by atoms with Crippen molar-refractivity contribution in [3.05, 3.63) is 34.0 Å². The van der Waals surface area contributed by atoms with Crippen molar-refractivity contribution in [2.24, 2.45) is 0 Å². The van der Waals surface area contributed by atoms with Crippen LogP contribution in [-0.4, -0.2) is 2.78 Å². The fraction of sp³-hybridized carbons (Fsp3) is 0. The highest BCUT2D eigenvalue weighted by Gasteiger charge is 1.97. The molecule has 0 fully saturated rings. The molecule has 0 amide bonds. The quantitative estimate of drug-likeness (QED) is 0.628. The van der Waals surface area contributed by atoms with E-state index >= 15 is 0 Å². The normalized spacial score (nSPS) is 10.7. The lowest BCUT2D eigenvalue weighted by atomic mass is 10.3. The third-order valence-corrected chi connectivity index (χ3v) is 3.12. The van der Waals surface area contributed by atoms with E-state index in [2.05, 4.69) is 78.7 Å². The average molecular weight is 369 g/mol. The van der Waals surface area contributed by atoms with Crippen LogP contribution in [0.4, 0.5) is 0 Å². The van der Waals surface area contributed by atoms with Crippen LogP contribution in [0.1, 0.15) is 0 Å². The van der Waals surface area contributed by atoms with Crippen molar-refractivity contribution in [1.29, 1.82) is 0 Å². The zero-order chi connectivity index (χ0) is 7.84. The van der Waals surface area contributed by atoms with Gasteiger partial charge in [0.15, 0.2) is 0 Å². The molecule has 1 aromatic heterocycles. The highest BCUT2D eigenvalue weighted by Crippen LogP contribution is 2.20. The first kappa shape index (κ1) is 7.85. The van der Waals surface area contributed by atoms with Gasteiger partial charge in [-0.2, -0.15) is 0 Å². The molecular weight excluding hydrogens is 364 g/mol. The van der Waals surface area contributed by atoms with Gasteiger partial charge in [0.1, 0.15) is 0 Å². The fourth-order valence-electron chi connectivity index (χ4n) is 1.07. The Morgan fingerprint density at radius 1 is 1.18 bits per heavy atom. The number of hydrogen-bond acceptors (Lipinski definition) is 0. The molecule has 0 bridgehead atoms. The summed E-state index contributed by atoms with van der Waals surface area (Å²) in [5, 5.41) is 1.31. The van der Waals surface area contributed by atoms with Gasteiger partial charge in [-0.05, 0) is 40.8 Å². The van der Waals surface area contributed by atoms with Crippen molar-refractivity contribution in [3.63, 3.8) is 0 Å². The molecule has 0 aliphatic heterocycles. The van der Waals surface area contributed by atoms with Crippen LogP contribution in [0.15, 0.2) is 30.5 Å². The van der Waals surface area contributed by atoms with Crippen LogP contribution in [0.3, 0.4) is 0 Å². The van der Waals surface area contributed by atoms with E-state index in [1.54, 1.807) is 0 Å². The lowest BCUT2D eigenvalue weighted by molar-refractivity contribution is 1.42. The van der Waals surface area contributed by atoms with Gasteiger partial charge in [0, 0.05) is 15.2 Å². The molecule has 0 aliphatic rings. The number of halogens is 2. The number of nitrogens with zero attached hydrogens (tertiary/aromatic N) is 1. The van der Waals surface area contributed by atoms with Gasteiger partial charge in [0.05, 0.1) is 28.4 Å². The van der Waals surface area contributed by atoms with Gasteiger partial charge in [-0.3, -0.25) is 2.78 Å². The molecule has 0 radical (unpaired) electrons. The number of fused-ring (bicyclic) bond motifs is 1. The molecule has 2 aromatic rings. The van der Waals surface area contributed by atoms with Crippen LogP contribution < -0.4 is 0 Å². The van der Waals surface area contributed by atoms with Crippen molar-refractivity contribution >= 4 is 56.4 Å². The second-order valence-electron chi connectivity index (χ2n) is 2.33. The summed E-state index contributed by atoms with van der Waals surface area (Å²) < 4.78 is 3.39. The molecule has 0 spiro atoms. The third kappa shape index (κ3) is 1.40. The minimum Gasteiger partial charge on any atom is -0.290 e. The molecule has 3 heteroatoms. The van der Waals surface area contributed by atoms with Crippen molar-refractivity contribution in [2.75, 3.05) is 0 Å². The third-order valence-electron chi connectivity index (χ3n) is 1.61. The van der Waals surface area contributed by atoms with Gasteiger partial charge in [-0.25, -0.2) is 0 Å². The summed E-state index contributed by atoms with van der Waals surface area (Å²) in [7, 11) is 0. The van der Waals surface area contributed by atoms with E-state index in [-0.39, 0.29) is 0 Å². The monoisotopic (exact) mass is 369 g/mol. The molecule has 56 valence electrons. The van der Waals surface area contributed by atoms with Crippen LogP contribution in [0, 0.1) is 3.57 Å². The lowest BCUT2D eigenvalue weighted by Gasteiger charge is -1.93. The molecule has 0 saturated carbocycles. The molecule has 1 aromatic carbocycles. The summed E-state index contributed by atoms with van der Waals surface area (Å²) in [5.41, 5.74) is 1.29. The summed E-state index contributed by atoms with van der Waals surface area (Å²) in [6, 6.07) is 8.58. The lowest BCUT2D eigenvalue weighted by Crippen LogP contribution is -1.75. The Bertz CT molecular complexity index is 392. The number of benzene rings is 1. The van der Waals surface area contributed by atoms with E-state index in [1.807, 2.05) is 0 Å². The smallest absolute Gasteiger partial charge is 0.0640 e. The predicted molar refractivity (Wildman–Crippen MR) is 64.1 cm³/mol. The van der Waals surface area contributed by atoms with Crippen molar-refractivity contribution in [3.8, 4) is 0 Å². The Labute approximate surface area is 92.4 Å². The molecule has 0 atom stereocenters. The highest BCUT2D eigenvalue weighted by atomic mass is 127. The van der Waals surface area contributed by atoms with Gasteiger partial charge in [0.25, 0.3) is 0 Å². The molecule has 1 heterocycles. The second kappa shape index (κ2) is 2.93. The van der Waals surface area contributed by atoms with Crippen LogP contribution in [0.5, 0.6) is 0 Å². The summed E-state index contributed by atoms with van der Waals surface area (Å²) >= 11 is 4.61. The molecule has 11 heavy (non-hydrogen) atoms. The van der Waals surface area contributed by atoms with E-state index < -0.39 is 0 Å². The Balaban J connectivity index is 2.87. The minimum absolute atomic E-state index is 1.28. The van der Waals surface area contributed by atoms with Crippen molar-refractivity contribution in [2.45, 2.75) is 0 Å². The van der Waals surface area contributed by atoms with Gasteiger partial charge in [-0.1, -0.05) is 6.07 Å². The summed E-state index contributed by atoms with van der Waals surface area (Å²) in [6.07, 6.45) is 2.07. The van der Waals surface area contributed by atoms with Gasteiger partial charge in [-0.15, -0.1) is 0 Å². The Hall–Kier alpha value is 0.220. The number of hydrogen-bond donors (Lipinski definition) is 0. The first-order valence-corrected chi connectivity index (χ1v) is 5.24. The molecule has 0 unspecified atom stereocenters. The average Bonchev–Trinajstić information content (AvgIpc) is 2.33.